The summed E-state index contributed by atoms with van der Waals surface area (Å²) in [4.78, 5) is 15.5. The maximum Gasteiger partial charge on any atom is 0.434 e. The Morgan fingerprint density at radius 3 is 2.23 bits per heavy atom. The monoisotopic (exact) mass is 313 g/mol. The number of aromatic nitrogens is 5. The van der Waals surface area contributed by atoms with Crippen LogP contribution in [0.2, 0.25) is 0 Å². The number of nitrogens with zero attached hydrogens (tertiary/aromatic N) is 6. The molecule has 0 spiro atoms. The molecule has 2 aromatic heterocycles. The van der Waals surface area contributed by atoms with E-state index in [2.05, 4.69) is 25.1 Å². The predicted octanol–water partition coefficient (Wildman–Crippen LogP) is 1.25. The fourth-order valence-corrected chi connectivity index (χ4v) is 2.24. The van der Waals surface area contributed by atoms with Crippen LogP contribution in [-0.4, -0.2) is 51.3 Å². The van der Waals surface area contributed by atoms with Crippen LogP contribution in [0.25, 0.3) is 0 Å². The maximum absolute atomic E-state index is 12.5. The molecule has 0 amide bonds. The molecule has 0 radical (unpaired) electrons. The second-order valence-corrected chi connectivity index (χ2v) is 4.95. The first kappa shape index (κ1) is 14.5. The minimum atomic E-state index is -4.46. The molecule has 1 fully saturated rings. The van der Waals surface area contributed by atoms with Crippen LogP contribution in [0.5, 0.6) is 0 Å². The van der Waals surface area contributed by atoms with Gasteiger partial charge in [-0.05, 0) is 6.92 Å². The van der Waals surface area contributed by atoms with Gasteiger partial charge < -0.3 is 9.80 Å². The Morgan fingerprint density at radius 1 is 1.05 bits per heavy atom. The van der Waals surface area contributed by atoms with Crippen LogP contribution in [0.15, 0.2) is 12.4 Å². The number of halogens is 3. The van der Waals surface area contributed by atoms with Crippen LogP contribution in [0, 0.1) is 6.92 Å². The zero-order valence-corrected chi connectivity index (χ0v) is 11.8. The molecule has 0 aromatic carbocycles. The Hall–Kier alpha value is -2.39. The van der Waals surface area contributed by atoms with E-state index in [0.29, 0.717) is 37.9 Å². The molecule has 7 nitrogen and oxygen atoms in total. The Balaban J connectivity index is 1.64. The van der Waals surface area contributed by atoms with Gasteiger partial charge in [-0.1, -0.05) is 0 Å². The molecule has 1 N–H and O–H groups in total. The van der Waals surface area contributed by atoms with Crippen LogP contribution < -0.4 is 9.80 Å². The summed E-state index contributed by atoms with van der Waals surface area (Å²) < 4.78 is 37.4. The lowest BCUT2D eigenvalue weighted by Gasteiger charge is -2.34. The van der Waals surface area contributed by atoms with Crippen molar-refractivity contribution in [3.63, 3.8) is 0 Å². The summed E-state index contributed by atoms with van der Waals surface area (Å²) in [6.45, 7) is 4.39. The van der Waals surface area contributed by atoms with E-state index in [9.17, 15) is 13.2 Å². The van der Waals surface area contributed by atoms with E-state index >= 15 is 0 Å². The van der Waals surface area contributed by atoms with Crippen molar-refractivity contribution in [1.82, 2.24) is 25.1 Å². The Morgan fingerprint density at radius 2 is 1.73 bits per heavy atom. The number of H-pyrrole nitrogens is 1. The van der Waals surface area contributed by atoms with Gasteiger partial charge in [0.1, 0.15) is 11.6 Å². The zero-order chi connectivity index (χ0) is 15.7. The second-order valence-electron chi connectivity index (χ2n) is 4.95. The standard InChI is InChI=1S/C12H14F3N7/c1-8-18-11(20-19-8)22-4-2-21(3-5-22)10-7-16-9(6-17-10)12(13,14)15/h6-7H,2-5H2,1H3,(H,18,19,20). The van der Waals surface area contributed by atoms with Crippen molar-refractivity contribution >= 4 is 11.8 Å². The molecular formula is C12H14F3N7. The lowest BCUT2D eigenvalue weighted by atomic mass is 10.3. The third kappa shape index (κ3) is 2.95. The zero-order valence-electron chi connectivity index (χ0n) is 11.8. The number of nitrogens with one attached hydrogen (secondary N) is 1. The number of piperazine rings is 1. The smallest absolute Gasteiger partial charge is 0.352 e. The van der Waals surface area contributed by atoms with Gasteiger partial charge in [-0.15, -0.1) is 5.10 Å². The highest BCUT2D eigenvalue weighted by Crippen LogP contribution is 2.27. The summed E-state index contributed by atoms with van der Waals surface area (Å²) in [5.41, 5.74) is -0.980. The number of aromatic amines is 1. The number of anilines is 2. The number of alkyl halides is 3. The van der Waals surface area contributed by atoms with Gasteiger partial charge in [0.25, 0.3) is 0 Å². The summed E-state index contributed by atoms with van der Waals surface area (Å²) in [5, 5.41) is 6.88. The Kier molecular flexibility index (Phi) is 3.59. The second kappa shape index (κ2) is 5.43. The molecule has 0 unspecified atom stereocenters. The lowest BCUT2D eigenvalue weighted by molar-refractivity contribution is -0.141. The van der Waals surface area contributed by atoms with Crippen molar-refractivity contribution < 1.29 is 13.2 Å². The van der Waals surface area contributed by atoms with Gasteiger partial charge in [0, 0.05) is 26.2 Å². The van der Waals surface area contributed by atoms with Crippen LogP contribution in [0.1, 0.15) is 11.5 Å². The van der Waals surface area contributed by atoms with Crippen molar-refractivity contribution in [2.24, 2.45) is 0 Å². The van der Waals surface area contributed by atoms with Crippen molar-refractivity contribution in [2.45, 2.75) is 13.1 Å². The van der Waals surface area contributed by atoms with Crippen molar-refractivity contribution in [3.8, 4) is 0 Å². The molecule has 10 heteroatoms. The SMILES string of the molecule is Cc1nc(N2CCN(c3cnc(C(F)(F)F)cn3)CC2)n[nH]1. The van der Waals surface area contributed by atoms with Crippen LogP contribution in [-0.2, 0) is 6.18 Å². The summed E-state index contributed by atoms with van der Waals surface area (Å²) in [7, 11) is 0. The summed E-state index contributed by atoms with van der Waals surface area (Å²) in [6.07, 6.45) is -2.54. The van der Waals surface area contributed by atoms with E-state index in [1.807, 2.05) is 16.7 Å². The molecule has 1 aliphatic heterocycles. The van der Waals surface area contributed by atoms with Gasteiger partial charge in [0.05, 0.1) is 12.4 Å². The van der Waals surface area contributed by atoms with E-state index in [1.54, 1.807) is 0 Å². The Bertz CT molecular complexity index is 629. The third-order valence-corrected chi connectivity index (χ3v) is 3.40. The number of hydrogen-bond donors (Lipinski definition) is 1. The highest BCUT2D eigenvalue weighted by molar-refractivity contribution is 5.40. The number of hydrogen-bond acceptors (Lipinski definition) is 6. The molecule has 2 aromatic rings. The number of aryl methyl sites for hydroxylation is 1. The molecule has 0 atom stereocenters. The van der Waals surface area contributed by atoms with E-state index in [4.69, 9.17) is 0 Å². The largest absolute Gasteiger partial charge is 0.434 e. The molecule has 3 rings (SSSR count). The maximum atomic E-state index is 12.5. The molecule has 1 aliphatic rings. The minimum Gasteiger partial charge on any atom is -0.352 e. The molecule has 3 heterocycles. The molecular weight excluding hydrogens is 299 g/mol. The molecule has 0 aliphatic carbocycles. The predicted molar refractivity (Wildman–Crippen MR) is 72.6 cm³/mol. The topological polar surface area (TPSA) is 73.8 Å². The fraction of sp³-hybridized carbons (Fsp3) is 0.500. The lowest BCUT2D eigenvalue weighted by Crippen LogP contribution is -2.47. The molecule has 118 valence electrons. The average Bonchev–Trinajstić information content (AvgIpc) is 2.93. The summed E-state index contributed by atoms with van der Waals surface area (Å²) in [5.74, 6) is 1.82. The third-order valence-electron chi connectivity index (χ3n) is 3.40. The summed E-state index contributed by atoms with van der Waals surface area (Å²) in [6, 6.07) is 0. The molecule has 0 saturated carbocycles. The Labute approximate surface area is 124 Å². The number of rotatable bonds is 2. The van der Waals surface area contributed by atoms with E-state index in [1.165, 1.54) is 0 Å². The van der Waals surface area contributed by atoms with Gasteiger partial charge in [-0.3, -0.25) is 5.10 Å². The average molecular weight is 313 g/mol. The highest BCUT2D eigenvalue weighted by atomic mass is 19.4. The quantitative estimate of drug-likeness (QED) is 0.899. The highest BCUT2D eigenvalue weighted by Gasteiger charge is 2.33. The first-order chi connectivity index (χ1) is 10.4. The molecule has 22 heavy (non-hydrogen) atoms. The van der Waals surface area contributed by atoms with Gasteiger partial charge in [-0.2, -0.15) is 18.2 Å². The van der Waals surface area contributed by atoms with Crippen LogP contribution in [0.3, 0.4) is 0 Å². The van der Waals surface area contributed by atoms with Crippen molar-refractivity contribution in [2.75, 3.05) is 36.0 Å². The van der Waals surface area contributed by atoms with Crippen molar-refractivity contribution in [3.05, 3.63) is 23.9 Å². The first-order valence-electron chi connectivity index (χ1n) is 6.71. The van der Waals surface area contributed by atoms with Crippen LogP contribution >= 0.6 is 0 Å². The van der Waals surface area contributed by atoms with Gasteiger partial charge >= 0.3 is 6.18 Å². The van der Waals surface area contributed by atoms with Crippen molar-refractivity contribution in [1.29, 1.82) is 0 Å². The van der Waals surface area contributed by atoms with E-state index in [0.717, 1.165) is 18.2 Å². The molecule has 1 saturated heterocycles. The molecule has 0 bridgehead atoms. The normalized spacial score (nSPS) is 16.2. The first-order valence-corrected chi connectivity index (χ1v) is 6.71. The summed E-state index contributed by atoms with van der Waals surface area (Å²) >= 11 is 0. The fourth-order valence-electron chi connectivity index (χ4n) is 2.24. The minimum absolute atomic E-state index is 0.443. The van der Waals surface area contributed by atoms with E-state index in [-0.39, 0.29) is 0 Å². The van der Waals surface area contributed by atoms with Gasteiger partial charge in [0.15, 0.2) is 5.69 Å². The van der Waals surface area contributed by atoms with Gasteiger partial charge in [0.2, 0.25) is 5.95 Å². The van der Waals surface area contributed by atoms with Crippen LogP contribution in [0.4, 0.5) is 24.9 Å². The van der Waals surface area contributed by atoms with E-state index < -0.39 is 11.9 Å². The van der Waals surface area contributed by atoms with Gasteiger partial charge in [-0.25, -0.2) is 9.97 Å².